The molecule has 1 atom stereocenters. The highest BCUT2D eigenvalue weighted by atomic mass is 32.2. The molecule has 25 heavy (non-hydrogen) atoms. The van der Waals surface area contributed by atoms with Gasteiger partial charge in [-0.2, -0.15) is 0 Å². The maximum atomic E-state index is 12.9. The Hall–Kier alpha value is -2.67. The monoisotopic (exact) mass is 357 g/mol. The standard InChI is InChI=1S/C18H16FN3O2S/c1-11(17-21-15-5-3-2-4-14(15)18(24)22-17)25-10-16(23)20-13-8-6-12(19)7-9-13/h2-9,11H,10H2,1H3,(H,20,23)(H,21,22,24)/t11-/m1/s1. The molecule has 1 aromatic heterocycles. The van der Waals surface area contributed by atoms with Gasteiger partial charge in [-0.05, 0) is 43.3 Å². The number of nitrogens with one attached hydrogen (secondary N) is 2. The van der Waals surface area contributed by atoms with Gasteiger partial charge in [-0.15, -0.1) is 11.8 Å². The van der Waals surface area contributed by atoms with E-state index in [4.69, 9.17) is 0 Å². The minimum absolute atomic E-state index is 0.156. The van der Waals surface area contributed by atoms with Crippen LogP contribution in [0.5, 0.6) is 0 Å². The van der Waals surface area contributed by atoms with Crippen molar-refractivity contribution in [3.63, 3.8) is 0 Å². The van der Waals surface area contributed by atoms with Gasteiger partial charge in [-0.25, -0.2) is 9.37 Å². The number of rotatable bonds is 5. The minimum atomic E-state index is -0.354. The van der Waals surface area contributed by atoms with E-state index in [1.807, 2.05) is 13.0 Å². The lowest BCUT2D eigenvalue weighted by Gasteiger charge is -2.11. The molecular weight excluding hydrogens is 341 g/mol. The number of para-hydroxylation sites is 1. The molecule has 0 aliphatic rings. The topological polar surface area (TPSA) is 74.8 Å². The third-order valence-electron chi connectivity index (χ3n) is 3.61. The zero-order valence-corrected chi connectivity index (χ0v) is 14.3. The molecule has 0 spiro atoms. The lowest BCUT2D eigenvalue weighted by Crippen LogP contribution is -2.16. The number of nitrogens with zero attached hydrogens (tertiary/aromatic N) is 1. The van der Waals surface area contributed by atoms with Crippen molar-refractivity contribution in [2.45, 2.75) is 12.2 Å². The number of benzene rings is 2. The Balaban J connectivity index is 1.64. The quantitative estimate of drug-likeness (QED) is 0.733. The molecule has 7 heteroatoms. The molecule has 0 saturated carbocycles. The Morgan fingerprint density at radius 3 is 2.72 bits per heavy atom. The van der Waals surface area contributed by atoms with E-state index in [0.717, 1.165) is 0 Å². The Morgan fingerprint density at radius 1 is 1.24 bits per heavy atom. The number of amides is 1. The maximum Gasteiger partial charge on any atom is 0.258 e. The molecule has 0 saturated heterocycles. The van der Waals surface area contributed by atoms with Gasteiger partial charge in [0.05, 0.1) is 21.9 Å². The Labute approximate surface area is 147 Å². The summed E-state index contributed by atoms with van der Waals surface area (Å²) in [6.45, 7) is 1.88. The average molecular weight is 357 g/mol. The normalized spacial score (nSPS) is 12.1. The molecule has 3 aromatic rings. The molecular formula is C18H16FN3O2S. The number of halogens is 1. The third kappa shape index (κ3) is 4.24. The molecule has 1 heterocycles. The lowest BCUT2D eigenvalue weighted by atomic mass is 10.2. The maximum absolute atomic E-state index is 12.9. The fourth-order valence-corrected chi connectivity index (χ4v) is 3.05. The van der Waals surface area contributed by atoms with E-state index >= 15 is 0 Å². The van der Waals surface area contributed by atoms with Crippen LogP contribution in [-0.4, -0.2) is 21.6 Å². The van der Waals surface area contributed by atoms with E-state index in [-0.39, 0.29) is 28.3 Å². The highest BCUT2D eigenvalue weighted by molar-refractivity contribution is 8.00. The molecule has 2 N–H and O–H groups in total. The second-order valence-corrected chi connectivity index (χ2v) is 6.81. The van der Waals surface area contributed by atoms with Gasteiger partial charge in [0.15, 0.2) is 0 Å². The molecule has 1 amide bonds. The van der Waals surface area contributed by atoms with Crippen molar-refractivity contribution in [3.05, 3.63) is 70.5 Å². The number of H-pyrrole nitrogens is 1. The zero-order valence-electron chi connectivity index (χ0n) is 13.5. The number of anilines is 1. The van der Waals surface area contributed by atoms with Gasteiger partial charge in [-0.3, -0.25) is 9.59 Å². The van der Waals surface area contributed by atoms with Crippen molar-refractivity contribution >= 4 is 34.3 Å². The fraction of sp³-hybridized carbons (Fsp3) is 0.167. The highest BCUT2D eigenvalue weighted by Gasteiger charge is 2.13. The number of carbonyl (C=O) groups excluding carboxylic acids is 1. The summed E-state index contributed by atoms with van der Waals surface area (Å²) in [5, 5.41) is 3.08. The predicted molar refractivity (Wildman–Crippen MR) is 98.3 cm³/mol. The molecule has 5 nitrogen and oxygen atoms in total. The third-order valence-corrected chi connectivity index (χ3v) is 4.76. The van der Waals surface area contributed by atoms with Crippen molar-refractivity contribution < 1.29 is 9.18 Å². The van der Waals surface area contributed by atoms with Crippen molar-refractivity contribution in [3.8, 4) is 0 Å². The zero-order chi connectivity index (χ0) is 17.8. The smallest absolute Gasteiger partial charge is 0.258 e. The molecule has 0 fully saturated rings. The molecule has 0 aliphatic carbocycles. The minimum Gasteiger partial charge on any atom is -0.325 e. The SMILES string of the molecule is C[C@@H](SCC(=O)Nc1ccc(F)cc1)c1nc2ccccc2c(=O)[nH]1. The van der Waals surface area contributed by atoms with Crippen LogP contribution in [0, 0.1) is 5.82 Å². The van der Waals surface area contributed by atoms with Gasteiger partial charge in [0.25, 0.3) is 5.56 Å². The number of hydrogen-bond acceptors (Lipinski definition) is 4. The summed E-state index contributed by atoms with van der Waals surface area (Å²) in [5.74, 6) is 0.164. The van der Waals surface area contributed by atoms with Gasteiger partial charge in [0.1, 0.15) is 11.6 Å². The first kappa shape index (κ1) is 17.2. The summed E-state index contributed by atoms with van der Waals surface area (Å²) in [6.07, 6.45) is 0. The number of fused-ring (bicyclic) bond motifs is 1. The first-order valence-electron chi connectivity index (χ1n) is 7.69. The summed E-state index contributed by atoms with van der Waals surface area (Å²) in [4.78, 5) is 31.3. The summed E-state index contributed by atoms with van der Waals surface area (Å²) in [5.41, 5.74) is 0.977. The fourth-order valence-electron chi connectivity index (χ4n) is 2.31. The van der Waals surface area contributed by atoms with E-state index in [2.05, 4.69) is 15.3 Å². The number of thioether (sulfide) groups is 1. The molecule has 2 aromatic carbocycles. The molecule has 3 rings (SSSR count). The number of hydrogen-bond donors (Lipinski definition) is 2. The van der Waals surface area contributed by atoms with Crippen LogP contribution in [0.2, 0.25) is 0 Å². The molecule has 0 aliphatic heterocycles. The first-order valence-corrected chi connectivity index (χ1v) is 8.74. The van der Waals surface area contributed by atoms with Gasteiger partial charge in [-0.1, -0.05) is 12.1 Å². The van der Waals surface area contributed by atoms with Crippen molar-refractivity contribution in [2.75, 3.05) is 11.1 Å². The van der Waals surface area contributed by atoms with Crippen LogP contribution in [0.25, 0.3) is 10.9 Å². The molecule has 0 radical (unpaired) electrons. The van der Waals surface area contributed by atoms with Gasteiger partial charge >= 0.3 is 0 Å². The second-order valence-electron chi connectivity index (χ2n) is 5.48. The number of aromatic nitrogens is 2. The molecule has 128 valence electrons. The molecule has 0 unspecified atom stereocenters. The summed E-state index contributed by atoms with van der Waals surface area (Å²) < 4.78 is 12.9. The van der Waals surface area contributed by atoms with Crippen LogP contribution in [0.4, 0.5) is 10.1 Å². The van der Waals surface area contributed by atoms with E-state index in [1.54, 1.807) is 18.2 Å². The van der Waals surface area contributed by atoms with E-state index in [9.17, 15) is 14.0 Å². The largest absolute Gasteiger partial charge is 0.325 e. The van der Waals surface area contributed by atoms with Gasteiger partial charge in [0.2, 0.25) is 5.91 Å². The van der Waals surface area contributed by atoms with E-state index < -0.39 is 0 Å². The van der Waals surface area contributed by atoms with Crippen molar-refractivity contribution in [2.24, 2.45) is 0 Å². The Kier molecular flexibility index (Phi) is 5.14. The molecule has 0 bridgehead atoms. The van der Waals surface area contributed by atoms with E-state index in [0.29, 0.717) is 22.4 Å². The predicted octanol–water partition coefficient (Wildman–Crippen LogP) is 3.50. The van der Waals surface area contributed by atoms with Crippen LogP contribution in [0.3, 0.4) is 0 Å². The first-order chi connectivity index (χ1) is 12.0. The van der Waals surface area contributed by atoms with Crippen LogP contribution >= 0.6 is 11.8 Å². The second kappa shape index (κ2) is 7.48. The van der Waals surface area contributed by atoms with Crippen LogP contribution in [0.15, 0.2) is 53.3 Å². The number of carbonyl (C=O) groups is 1. The lowest BCUT2D eigenvalue weighted by molar-refractivity contribution is -0.113. The van der Waals surface area contributed by atoms with Crippen LogP contribution in [0.1, 0.15) is 18.0 Å². The van der Waals surface area contributed by atoms with Gasteiger partial charge in [0, 0.05) is 5.69 Å². The van der Waals surface area contributed by atoms with Crippen LogP contribution < -0.4 is 10.9 Å². The Bertz CT molecular complexity index is 956. The van der Waals surface area contributed by atoms with Crippen molar-refractivity contribution in [1.29, 1.82) is 0 Å². The van der Waals surface area contributed by atoms with E-state index in [1.165, 1.54) is 36.0 Å². The summed E-state index contributed by atoms with van der Waals surface area (Å²) >= 11 is 1.36. The summed E-state index contributed by atoms with van der Waals surface area (Å²) in [7, 11) is 0. The van der Waals surface area contributed by atoms with Crippen molar-refractivity contribution in [1.82, 2.24) is 9.97 Å². The average Bonchev–Trinajstić information content (AvgIpc) is 2.61. The van der Waals surface area contributed by atoms with Gasteiger partial charge < -0.3 is 10.3 Å². The highest BCUT2D eigenvalue weighted by Crippen LogP contribution is 2.25. The Morgan fingerprint density at radius 2 is 1.96 bits per heavy atom. The summed E-state index contributed by atoms with van der Waals surface area (Å²) in [6, 6.07) is 12.7. The van der Waals surface area contributed by atoms with Crippen LogP contribution in [-0.2, 0) is 4.79 Å². The number of aromatic amines is 1.